The van der Waals surface area contributed by atoms with E-state index in [-0.39, 0.29) is 24.4 Å². The molecule has 2 fully saturated rings. The van der Waals surface area contributed by atoms with Gasteiger partial charge in [-0.15, -0.1) is 0 Å². The van der Waals surface area contributed by atoms with E-state index in [9.17, 15) is 14.4 Å². The van der Waals surface area contributed by atoms with Crippen molar-refractivity contribution in [2.24, 2.45) is 0 Å². The van der Waals surface area contributed by atoms with E-state index in [0.717, 1.165) is 5.56 Å². The molecule has 7 heteroatoms. The number of rotatable bonds is 4. The fourth-order valence-corrected chi connectivity index (χ4v) is 3.79. The Morgan fingerprint density at radius 3 is 2.50 bits per heavy atom. The Hall–Kier alpha value is -3.35. The van der Waals surface area contributed by atoms with E-state index in [1.54, 1.807) is 36.3 Å². The number of nitrogens with one attached hydrogen (secondary N) is 1. The van der Waals surface area contributed by atoms with Crippen LogP contribution < -0.4 is 10.1 Å². The van der Waals surface area contributed by atoms with Crippen LogP contribution >= 0.6 is 0 Å². The van der Waals surface area contributed by atoms with E-state index in [2.05, 4.69) is 5.32 Å². The van der Waals surface area contributed by atoms with Crippen LogP contribution in [0.25, 0.3) is 0 Å². The van der Waals surface area contributed by atoms with Crippen LogP contribution in [0.5, 0.6) is 5.75 Å². The van der Waals surface area contributed by atoms with Crippen molar-refractivity contribution < 1.29 is 19.1 Å². The molecule has 4 amide bonds. The third kappa shape index (κ3) is 3.19. The molecule has 7 nitrogen and oxygen atoms in total. The number of carbonyl (C=O) groups excluding carboxylic acids is 3. The number of hydrogen-bond donors (Lipinski definition) is 1. The lowest BCUT2D eigenvalue weighted by Gasteiger charge is -2.37. The second-order valence-electron chi connectivity index (χ2n) is 6.93. The van der Waals surface area contributed by atoms with Crippen LogP contribution in [0.1, 0.15) is 22.3 Å². The highest BCUT2D eigenvalue weighted by Gasteiger charge is 2.49. The van der Waals surface area contributed by atoms with Gasteiger partial charge < -0.3 is 15.0 Å². The lowest BCUT2D eigenvalue weighted by atomic mass is 10.0. The average Bonchev–Trinajstić information content (AvgIpc) is 3.15. The molecule has 0 radical (unpaired) electrons. The van der Waals surface area contributed by atoms with Gasteiger partial charge in [-0.05, 0) is 36.2 Å². The van der Waals surface area contributed by atoms with Gasteiger partial charge in [0.1, 0.15) is 11.8 Å². The van der Waals surface area contributed by atoms with Gasteiger partial charge in [0, 0.05) is 12.1 Å². The summed E-state index contributed by atoms with van der Waals surface area (Å²) in [6, 6.07) is 14.7. The summed E-state index contributed by atoms with van der Waals surface area (Å²) in [5.41, 5.74) is 1.34. The van der Waals surface area contributed by atoms with Crippen molar-refractivity contribution in [2.45, 2.75) is 25.0 Å². The van der Waals surface area contributed by atoms with E-state index in [0.29, 0.717) is 24.3 Å². The summed E-state index contributed by atoms with van der Waals surface area (Å²) >= 11 is 0. The van der Waals surface area contributed by atoms with Crippen molar-refractivity contribution >= 4 is 17.8 Å². The molecule has 0 aliphatic carbocycles. The molecule has 0 spiro atoms. The third-order valence-electron chi connectivity index (χ3n) is 5.25. The van der Waals surface area contributed by atoms with Crippen molar-refractivity contribution in [3.05, 3.63) is 65.7 Å². The number of likely N-dealkylation sites (tertiary alicyclic amines) is 1. The molecule has 2 aliphatic rings. The Balaban J connectivity index is 1.56. The first kappa shape index (κ1) is 18.0. The summed E-state index contributed by atoms with van der Waals surface area (Å²) in [5, 5.41) is 2.89. The lowest BCUT2D eigenvalue weighted by molar-refractivity contribution is -0.134. The first-order chi connectivity index (χ1) is 13.6. The lowest BCUT2D eigenvalue weighted by Crippen LogP contribution is -2.64. The number of imide groups is 1. The number of ether oxygens (including phenoxy) is 1. The van der Waals surface area contributed by atoms with E-state index in [1.807, 2.05) is 30.3 Å². The highest BCUT2D eigenvalue weighted by molar-refractivity contribution is 6.04. The quantitative estimate of drug-likeness (QED) is 0.882. The summed E-state index contributed by atoms with van der Waals surface area (Å²) in [4.78, 5) is 41.3. The summed E-state index contributed by atoms with van der Waals surface area (Å²) in [7, 11) is 1.56. The fourth-order valence-electron chi connectivity index (χ4n) is 3.79. The van der Waals surface area contributed by atoms with E-state index in [1.165, 1.54) is 4.90 Å². The molecule has 28 heavy (non-hydrogen) atoms. The number of hydrogen-bond acceptors (Lipinski definition) is 4. The molecule has 2 atom stereocenters. The molecule has 0 aromatic heterocycles. The SMILES string of the molecule is COc1ccc(C(=O)N2CC[C@H]3NC(=O)N(Cc4ccccc4)C(=O)[C@H]32)cc1. The maximum atomic E-state index is 13.1. The van der Waals surface area contributed by atoms with Gasteiger partial charge in [0.15, 0.2) is 0 Å². The maximum Gasteiger partial charge on any atom is 0.324 e. The van der Waals surface area contributed by atoms with Crippen LogP contribution in [0, 0.1) is 0 Å². The summed E-state index contributed by atoms with van der Waals surface area (Å²) < 4.78 is 5.13. The predicted molar refractivity (Wildman–Crippen MR) is 102 cm³/mol. The topological polar surface area (TPSA) is 79.0 Å². The molecule has 1 N–H and O–H groups in total. The molecule has 0 bridgehead atoms. The van der Waals surface area contributed by atoms with Crippen molar-refractivity contribution in [1.29, 1.82) is 0 Å². The van der Waals surface area contributed by atoms with Gasteiger partial charge in [-0.1, -0.05) is 30.3 Å². The molecule has 0 unspecified atom stereocenters. The first-order valence-corrected chi connectivity index (χ1v) is 9.19. The van der Waals surface area contributed by atoms with Gasteiger partial charge in [0.25, 0.3) is 11.8 Å². The molecule has 0 saturated carbocycles. The van der Waals surface area contributed by atoms with E-state index >= 15 is 0 Å². The van der Waals surface area contributed by atoms with Crippen LogP contribution in [0.3, 0.4) is 0 Å². The number of methoxy groups -OCH3 is 1. The number of carbonyl (C=O) groups is 3. The van der Waals surface area contributed by atoms with Crippen molar-refractivity contribution in [2.75, 3.05) is 13.7 Å². The van der Waals surface area contributed by atoms with Crippen LogP contribution in [-0.2, 0) is 11.3 Å². The second kappa shape index (κ2) is 7.34. The highest BCUT2D eigenvalue weighted by atomic mass is 16.5. The van der Waals surface area contributed by atoms with Gasteiger partial charge in [-0.25, -0.2) is 4.79 Å². The van der Waals surface area contributed by atoms with Crippen molar-refractivity contribution in [3.63, 3.8) is 0 Å². The van der Waals surface area contributed by atoms with E-state index < -0.39 is 12.1 Å². The average molecular weight is 379 g/mol. The fraction of sp³-hybridized carbons (Fsp3) is 0.286. The second-order valence-corrected chi connectivity index (χ2v) is 6.93. The predicted octanol–water partition coefficient (Wildman–Crippen LogP) is 2.03. The maximum absolute atomic E-state index is 13.1. The third-order valence-corrected chi connectivity index (χ3v) is 5.25. The minimum absolute atomic E-state index is 0.180. The monoisotopic (exact) mass is 379 g/mol. The van der Waals surface area contributed by atoms with Crippen molar-refractivity contribution in [1.82, 2.24) is 15.1 Å². The van der Waals surface area contributed by atoms with E-state index in [4.69, 9.17) is 4.74 Å². The first-order valence-electron chi connectivity index (χ1n) is 9.19. The Labute approximate surface area is 162 Å². The number of fused-ring (bicyclic) bond motifs is 1. The van der Waals surface area contributed by atoms with Crippen LogP contribution in [0.4, 0.5) is 4.79 Å². The molecular weight excluding hydrogens is 358 g/mol. The number of amides is 4. The molecule has 2 aliphatic heterocycles. The molecule has 2 saturated heterocycles. The standard InChI is InChI=1S/C21H21N3O4/c1-28-16-9-7-15(8-10-16)19(25)23-12-11-17-18(23)20(26)24(21(27)22-17)13-14-5-3-2-4-6-14/h2-10,17-18H,11-13H2,1H3,(H,22,27)/t17-,18+/m1/s1. The summed E-state index contributed by atoms with van der Waals surface area (Å²) in [5.74, 6) is 0.0992. The zero-order valence-electron chi connectivity index (χ0n) is 15.5. The Morgan fingerprint density at radius 2 is 1.82 bits per heavy atom. The number of benzene rings is 2. The molecule has 2 aromatic rings. The van der Waals surface area contributed by atoms with Gasteiger partial charge in [-0.2, -0.15) is 0 Å². The molecule has 144 valence electrons. The number of urea groups is 1. The van der Waals surface area contributed by atoms with Crippen molar-refractivity contribution in [3.8, 4) is 5.75 Å². The van der Waals surface area contributed by atoms with Gasteiger partial charge >= 0.3 is 6.03 Å². The normalized spacial score (nSPS) is 21.3. The summed E-state index contributed by atoms with van der Waals surface area (Å²) in [6.45, 7) is 0.602. The van der Waals surface area contributed by atoms with Crippen LogP contribution in [0.2, 0.25) is 0 Å². The zero-order valence-corrected chi connectivity index (χ0v) is 15.5. The Kier molecular flexibility index (Phi) is 4.73. The molecule has 2 heterocycles. The van der Waals surface area contributed by atoms with Gasteiger partial charge in [0.05, 0.1) is 19.7 Å². The highest BCUT2D eigenvalue weighted by Crippen LogP contribution is 2.27. The largest absolute Gasteiger partial charge is 0.497 e. The smallest absolute Gasteiger partial charge is 0.324 e. The number of nitrogens with zero attached hydrogens (tertiary/aromatic N) is 2. The minimum atomic E-state index is -0.684. The molecule has 4 rings (SSSR count). The van der Waals surface area contributed by atoms with Crippen LogP contribution in [0.15, 0.2) is 54.6 Å². The molecular formula is C21H21N3O4. The Bertz CT molecular complexity index is 898. The molecule has 2 aromatic carbocycles. The van der Waals surface area contributed by atoms with Gasteiger partial charge in [0.2, 0.25) is 0 Å². The zero-order chi connectivity index (χ0) is 19.7. The van der Waals surface area contributed by atoms with Crippen LogP contribution in [-0.4, -0.2) is 53.4 Å². The Morgan fingerprint density at radius 1 is 1.11 bits per heavy atom. The van der Waals surface area contributed by atoms with Gasteiger partial charge in [-0.3, -0.25) is 14.5 Å². The minimum Gasteiger partial charge on any atom is -0.497 e. The summed E-state index contributed by atoms with van der Waals surface area (Å²) in [6.07, 6.45) is 0.559.